The molecule has 0 aliphatic carbocycles. The first-order chi connectivity index (χ1) is 7.81. The van der Waals surface area contributed by atoms with Crippen LogP contribution >= 0.6 is 0 Å². The number of hydrogen-bond acceptors (Lipinski definition) is 4. The zero-order valence-corrected chi connectivity index (χ0v) is 10.1. The predicted molar refractivity (Wildman–Crippen MR) is 66.8 cm³/mol. The zero-order valence-electron chi connectivity index (χ0n) is 10.1. The first-order valence-corrected chi connectivity index (χ1v) is 5.77. The Morgan fingerprint density at radius 2 is 2.38 bits per heavy atom. The third kappa shape index (κ3) is 3.70. The SMILES string of the molecule is CCCCC(CN)Nc1ncccc1OC. The molecule has 0 radical (unpaired) electrons. The Kier molecular flexibility index (Phi) is 5.64. The van der Waals surface area contributed by atoms with Gasteiger partial charge in [0.25, 0.3) is 0 Å². The van der Waals surface area contributed by atoms with Crippen molar-refractivity contribution in [2.45, 2.75) is 32.2 Å². The molecule has 16 heavy (non-hydrogen) atoms. The second kappa shape index (κ2) is 7.06. The average molecular weight is 223 g/mol. The number of nitrogens with one attached hydrogen (secondary N) is 1. The summed E-state index contributed by atoms with van der Waals surface area (Å²) in [4.78, 5) is 4.25. The van der Waals surface area contributed by atoms with E-state index in [0.29, 0.717) is 6.54 Å². The number of pyridine rings is 1. The van der Waals surface area contributed by atoms with Gasteiger partial charge in [-0.05, 0) is 18.6 Å². The van der Waals surface area contributed by atoms with Crippen molar-refractivity contribution >= 4 is 5.82 Å². The van der Waals surface area contributed by atoms with E-state index in [0.717, 1.165) is 18.0 Å². The first-order valence-electron chi connectivity index (χ1n) is 5.77. The highest BCUT2D eigenvalue weighted by molar-refractivity contribution is 5.50. The summed E-state index contributed by atoms with van der Waals surface area (Å²) in [6.45, 7) is 2.79. The molecule has 90 valence electrons. The summed E-state index contributed by atoms with van der Waals surface area (Å²) in [5.74, 6) is 1.54. The summed E-state index contributed by atoms with van der Waals surface area (Å²) in [6.07, 6.45) is 5.16. The van der Waals surface area contributed by atoms with Gasteiger partial charge in [0.15, 0.2) is 11.6 Å². The summed E-state index contributed by atoms with van der Waals surface area (Å²) in [7, 11) is 1.64. The van der Waals surface area contributed by atoms with E-state index in [9.17, 15) is 0 Å². The van der Waals surface area contributed by atoms with Crippen molar-refractivity contribution in [2.24, 2.45) is 5.73 Å². The van der Waals surface area contributed by atoms with E-state index >= 15 is 0 Å². The highest BCUT2D eigenvalue weighted by Crippen LogP contribution is 2.21. The molecule has 0 fully saturated rings. The van der Waals surface area contributed by atoms with Crippen LogP contribution in [0.1, 0.15) is 26.2 Å². The Morgan fingerprint density at radius 3 is 3.00 bits per heavy atom. The molecule has 0 aliphatic heterocycles. The minimum absolute atomic E-state index is 0.267. The molecule has 4 nitrogen and oxygen atoms in total. The van der Waals surface area contributed by atoms with E-state index in [1.807, 2.05) is 12.1 Å². The van der Waals surface area contributed by atoms with Gasteiger partial charge in [-0.2, -0.15) is 0 Å². The molecule has 0 amide bonds. The maximum absolute atomic E-state index is 5.72. The van der Waals surface area contributed by atoms with E-state index in [2.05, 4.69) is 17.2 Å². The fraction of sp³-hybridized carbons (Fsp3) is 0.583. The maximum Gasteiger partial charge on any atom is 0.168 e. The van der Waals surface area contributed by atoms with Crippen LogP contribution in [0.25, 0.3) is 0 Å². The molecule has 1 aromatic rings. The topological polar surface area (TPSA) is 60.2 Å². The van der Waals surface area contributed by atoms with E-state index in [1.54, 1.807) is 13.3 Å². The fourth-order valence-corrected chi connectivity index (χ4v) is 1.56. The molecule has 1 unspecified atom stereocenters. The third-order valence-corrected chi connectivity index (χ3v) is 2.52. The van der Waals surface area contributed by atoms with Crippen LogP contribution in [0.4, 0.5) is 5.82 Å². The fourth-order valence-electron chi connectivity index (χ4n) is 1.56. The molecule has 1 aromatic heterocycles. The third-order valence-electron chi connectivity index (χ3n) is 2.52. The summed E-state index contributed by atoms with van der Waals surface area (Å²) < 4.78 is 5.23. The lowest BCUT2D eigenvalue weighted by Crippen LogP contribution is -2.29. The van der Waals surface area contributed by atoms with Crippen molar-refractivity contribution in [3.63, 3.8) is 0 Å². The molecule has 0 spiro atoms. The van der Waals surface area contributed by atoms with Gasteiger partial charge in [-0.15, -0.1) is 0 Å². The molecule has 4 heteroatoms. The van der Waals surface area contributed by atoms with Gasteiger partial charge in [-0.3, -0.25) is 0 Å². The number of nitrogens with two attached hydrogens (primary N) is 1. The number of unbranched alkanes of at least 4 members (excludes halogenated alkanes) is 1. The average Bonchev–Trinajstić information content (AvgIpc) is 2.34. The normalized spacial score (nSPS) is 12.2. The Bertz CT molecular complexity index is 304. The zero-order chi connectivity index (χ0) is 11.8. The minimum atomic E-state index is 0.267. The van der Waals surface area contributed by atoms with Crippen molar-refractivity contribution in [1.82, 2.24) is 4.98 Å². The predicted octanol–water partition coefficient (Wildman–Crippen LogP) is 2.02. The Balaban J connectivity index is 2.62. The van der Waals surface area contributed by atoms with Crippen LogP contribution in [-0.4, -0.2) is 24.7 Å². The van der Waals surface area contributed by atoms with Crippen LogP contribution in [-0.2, 0) is 0 Å². The summed E-state index contributed by atoms with van der Waals surface area (Å²) in [5.41, 5.74) is 5.72. The Labute approximate surface area is 97.2 Å². The van der Waals surface area contributed by atoms with Crippen LogP contribution < -0.4 is 15.8 Å². The molecule has 1 atom stereocenters. The summed E-state index contributed by atoms with van der Waals surface area (Å²) in [6, 6.07) is 4.01. The lowest BCUT2D eigenvalue weighted by atomic mass is 10.1. The lowest BCUT2D eigenvalue weighted by molar-refractivity contribution is 0.414. The van der Waals surface area contributed by atoms with E-state index < -0.39 is 0 Å². The highest BCUT2D eigenvalue weighted by Gasteiger charge is 2.09. The van der Waals surface area contributed by atoms with Gasteiger partial charge in [0, 0.05) is 18.8 Å². The minimum Gasteiger partial charge on any atom is -0.493 e. The van der Waals surface area contributed by atoms with E-state index in [4.69, 9.17) is 10.5 Å². The van der Waals surface area contributed by atoms with Gasteiger partial charge in [-0.25, -0.2) is 4.98 Å². The molecule has 0 bridgehead atoms. The van der Waals surface area contributed by atoms with Crippen LogP contribution in [0, 0.1) is 0 Å². The van der Waals surface area contributed by atoms with Crippen LogP contribution in [0.15, 0.2) is 18.3 Å². The summed E-state index contributed by atoms with van der Waals surface area (Å²) in [5, 5.41) is 3.32. The highest BCUT2D eigenvalue weighted by atomic mass is 16.5. The number of anilines is 1. The number of methoxy groups -OCH3 is 1. The van der Waals surface area contributed by atoms with Gasteiger partial charge >= 0.3 is 0 Å². The number of ether oxygens (including phenoxy) is 1. The van der Waals surface area contributed by atoms with Crippen LogP contribution in [0.3, 0.4) is 0 Å². The number of hydrogen-bond donors (Lipinski definition) is 2. The monoisotopic (exact) mass is 223 g/mol. The van der Waals surface area contributed by atoms with Crippen molar-refractivity contribution in [1.29, 1.82) is 0 Å². The molecule has 0 aromatic carbocycles. The van der Waals surface area contributed by atoms with E-state index in [1.165, 1.54) is 12.8 Å². The van der Waals surface area contributed by atoms with Crippen LogP contribution in [0.5, 0.6) is 5.75 Å². The maximum atomic E-state index is 5.72. The molecule has 0 aliphatic rings. The van der Waals surface area contributed by atoms with Gasteiger partial charge in [0.05, 0.1) is 7.11 Å². The second-order valence-electron chi connectivity index (χ2n) is 3.77. The largest absolute Gasteiger partial charge is 0.493 e. The van der Waals surface area contributed by atoms with Crippen molar-refractivity contribution in [3.05, 3.63) is 18.3 Å². The van der Waals surface area contributed by atoms with Crippen LogP contribution in [0.2, 0.25) is 0 Å². The molecular formula is C12H21N3O. The van der Waals surface area contributed by atoms with Crippen molar-refractivity contribution in [2.75, 3.05) is 19.0 Å². The quantitative estimate of drug-likeness (QED) is 0.742. The van der Waals surface area contributed by atoms with Crippen molar-refractivity contribution in [3.8, 4) is 5.75 Å². The van der Waals surface area contributed by atoms with Gasteiger partial charge in [0.2, 0.25) is 0 Å². The molecule has 0 saturated heterocycles. The standard InChI is InChI=1S/C12H21N3O/c1-3-4-6-10(9-13)15-12-11(16-2)7-5-8-14-12/h5,7-8,10H,3-4,6,9,13H2,1-2H3,(H,14,15). The molecule has 0 saturated carbocycles. The van der Waals surface area contributed by atoms with Crippen molar-refractivity contribution < 1.29 is 4.74 Å². The van der Waals surface area contributed by atoms with Gasteiger partial charge in [0.1, 0.15) is 0 Å². The lowest BCUT2D eigenvalue weighted by Gasteiger charge is -2.18. The molecular weight excluding hydrogens is 202 g/mol. The Hall–Kier alpha value is -1.29. The van der Waals surface area contributed by atoms with Gasteiger partial charge in [-0.1, -0.05) is 19.8 Å². The van der Waals surface area contributed by atoms with Gasteiger partial charge < -0.3 is 15.8 Å². The first kappa shape index (κ1) is 12.8. The molecule has 3 N–H and O–H groups in total. The smallest absolute Gasteiger partial charge is 0.168 e. The molecule has 1 rings (SSSR count). The number of aromatic nitrogens is 1. The van der Waals surface area contributed by atoms with E-state index in [-0.39, 0.29) is 6.04 Å². The summed E-state index contributed by atoms with van der Waals surface area (Å²) >= 11 is 0. The molecule has 1 heterocycles. The number of nitrogens with zero attached hydrogens (tertiary/aromatic N) is 1. The second-order valence-corrected chi connectivity index (χ2v) is 3.77. The Morgan fingerprint density at radius 1 is 1.56 bits per heavy atom. The number of rotatable bonds is 7.